The van der Waals surface area contributed by atoms with Crippen molar-refractivity contribution in [1.29, 1.82) is 0 Å². The third-order valence-corrected chi connectivity index (χ3v) is 6.44. The second-order valence-corrected chi connectivity index (χ2v) is 10.00. The number of rotatable bonds is 12. The molecule has 0 saturated carbocycles. The highest BCUT2D eigenvalue weighted by Crippen LogP contribution is 2.28. The number of aryl methyl sites for hydroxylation is 2. The number of piperazine rings is 1. The number of hydrogen-bond acceptors (Lipinski definition) is 6. The summed E-state index contributed by atoms with van der Waals surface area (Å²) in [6.45, 7) is 9.22. The molecule has 3 rings (SSSR count). The molecule has 2 aromatic carbocycles. The van der Waals surface area contributed by atoms with E-state index in [-0.39, 0.29) is 31.4 Å². The number of carbonyl (C=O) groups excluding carboxylic acids is 3. The van der Waals surface area contributed by atoms with Gasteiger partial charge in [0.25, 0.3) is 0 Å². The van der Waals surface area contributed by atoms with E-state index >= 15 is 0 Å². The normalized spacial score (nSPS) is 15.6. The fourth-order valence-corrected chi connectivity index (χ4v) is 4.26. The van der Waals surface area contributed by atoms with Gasteiger partial charge in [0.05, 0.1) is 13.0 Å². The molecule has 37 heavy (non-hydrogen) atoms. The van der Waals surface area contributed by atoms with Gasteiger partial charge in [-0.3, -0.25) is 14.4 Å². The highest BCUT2D eigenvalue weighted by Gasteiger charge is 2.40. The number of amides is 2. The molecule has 1 atom stereocenters. The first kappa shape index (κ1) is 28.0. The van der Waals surface area contributed by atoms with E-state index in [1.54, 1.807) is 0 Å². The SMILES string of the molecule is Cc1ccc(C)c(OCCCC(C)(C)C(=O)N2CCNC(=O)C2CC(=O)OCCOc2ccccc2)c1. The van der Waals surface area contributed by atoms with Crippen molar-refractivity contribution in [1.82, 2.24) is 10.2 Å². The quantitative estimate of drug-likeness (QED) is 0.345. The molecule has 1 unspecified atom stereocenters. The molecule has 8 nitrogen and oxygen atoms in total. The number of esters is 1. The Hall–Kier alpha value is -3.55. The molecule has 1 aliphatic heterocycles. The summed E-state index contributed by atoms with van der Waals surface area (Å²) in [6.07, 6.45) is 1.07. The lowest BCUT2D eigenvalue weighted by Crippen LogP contribution is -2.60. The summed E-state index contributed by atoms with van der Waals surface area (Å²) in [6, 6.07) is 14.4. The van der Waals surface area contributed by atoms with Gasteiger partial charge in [-0.2, -0.15) is 0 Å². The van der Waals surface area contributed by atoms with E-state index in [9.17, 15) is 14.4 Å². The molecule has 200 valence electrons. The minimum atomic E-state index is -0.894. The molecule has 0 aromatic heterocycles. The van der Waals surface area contributed by atoms with Crippen LogP contribution in [0.15, 0.2) is 48.5 Å². The molecular formula is C29H38N2O6. The van der Waals surface area contributed by atoms with Crippen LogP contribution in [0.2, 0.25) is 0 Å². The van der Waals surface area contributed by atoms with Gasteiger partial charge >= 0.3 is 5.97 Å². The van der Waals surface area contributed by atoms with E-state index in [0.717, 1.165) is 16.9 Å². The first-order chi connectivity index (χ1) is 17.7. The highest BCUT2D eigenvalue weighted by atomic mass is 16.6. The topological polar surface area (TPSA) is 94.2 Å². The van der Waals surface area contributed by atoms with Crippen molar-refractivity contribution in [2.24, 2.45) is 5.41 Å². The molecule has 0 aliphatic carbocycles. The molecular weight excluding hydrogens is 472 g/mol. The molecule has 0 spiro atoms. The van der Waals surface area contributed by atoms with Crippen molar-refractivity contribution in [3.8, 4) is 11.5 Å². The molecule has 1 fully saturated rings. The van der Waals surface area contributed by atoms with Gasteiger partial charge in [0.2, 0.25) is 11.8 Å². The minimum Gasteiger partial charge on any atom is -0.493 e. The molecule has 1 aliphatic rings. The average molecular weight is 511 g/mol. The van der Waals surface area contributed by atoms with Gasteiger partial charge in [-0.15, -0.1) is 0 Å². The number of hydrogen-bond donors (Lipinski definition) is 1. The number of para-hydroxylation sites is 1. The zero-order chi connectivity index (χ0) is 26.8. The van der Waals surface area contributed by atoms with Gasteiger partial charge in [-0.1, -0.05) is 44.2 Å². The molecule has 8 heteroatoms. The van der Waals surface area contributed by atoms with Gasteiger partial charge in [0.15, 0.2) is 0 Å². The van der Waals surface area contributed by atoms with Crippen LogP contribution in [0, 0.1) is 19.3 Å². The van der Waals surface area contributed by atoms with Crippen molar-refractivity contribution < 1.29 is 28.6 Å². The third-order valence-electron chi connectivity index (χ3n) is 6.44. The largest absolute Gasteiger partial charge is 0.493 e. The second-order valence-electron chi connectivity index (χ2n) is 10.00. The third kappa shape index (κ3) is 8.23. The van der Waals surface area contributed by atoms with Crippen LogP contribution in [-0.2, 0) is 19.1 Å². The van der Waals surface area contributed by atoms with Crippen molar-refractivity contribution in [3.63, 3.8) is 0 Å². The summed E-state index contributed by atoms with van der Waals surface area (Å²) in [5, 5.41) is 2.76. The van der Waals surface area contributed by atoms with Crippen LogP contribution in [-0.4, -0.2) is 61.6 Å². The highest BCUT2D eigenvalue weighted by molar-refractivity contribution is 5.93. The summed E-state index contributed by atoms with van der Waals surface area (Å²) in [5.74, 6) is 0.495. The Balaban J connectivity index is 1.49. The predicted octanol–water partition coefficient (Wildman–Crippen LogP) is 3.83. The Kier molecular flexibility index (Phi) is 9.94. The maximum atomic E-state index is 13.5. The summed E-state index contributed by atoms with van der Waals surface area (Å²) in [4.78, 5) is 40.1. The van der Waals surface area contributed by atoms with Crippen LogP contribution in [0.3, 0.4) is 0 Å². The van der Waals surface area contributed by atoms with Crippen molar-refractivity contribution in [3.05, 3.63) is 59.7 Å². The first-order valence-corrected chi connectivity index (χ1v) is 12.8. The lowest BCUT2D eigenvalue weighted by Gasteiger charge is -2.39. The maximum Gasteiger partial charge on any atom is 0.308 e. The Bertz CT molecular complexity index is 1070. The van der Waals surface area contributed by atoms with Crippen LogP contribution >= 0.6 is 0 Å². The lowest BCUT2D eigenvalue weighted by atomic mass is 9.85. The monoisotopic (exact) mass is 510 g/mol. The van der Waals surface area contributed by atoms with Gasteiger partial charge in [-0.05, 0) is 56.0 Å². The van der Waals surface area contributed by atoms with Gasteiger partial charge < -0.3 is 24.4 Å². The first-order valence-electron chi connectivity index (χ1n) is 12.8. The van der Waals surface area contributed by atoms with Crippen molar-refractivity contribution in [2.45, 2.75) is 53.0 Å². The number of nitrogens with one attached hydrogen (secondary N) is 1. The van der Waals surface area contributed by atoms with E-state index in [0.29, 0.717) is 38.3 Å². The Morgan fingerprint density at radius 3 is 2.54 bits per heavy atom. The molecule has 2 amide bonds. The standard InChI is InChI=1S/C29H38N2O6/c1-21-11-12-22(2)25(19-21)36-16-8-13-29(3,4)28(34)31-15-14-30-27(33)24(31)20-26(32)37-18-17-35-23-9-6-5-7-10-23/h5-7,9-12,19,24H,8,13-18,20H2,1-4H3,(H,30,33). The number of nitrogens with zero attached hydrogens (tertiary/aromatic N) is 1. The van der Waals surface area contributed by atoms with Crippen LogP contribution < -0.4 is 14.8 Å². The zero-order valence-electron chi connectivity index (χ0n) is 22.2. The lowest BCUT2D eigenvalue weighted by molar-refractivity contribution is -0.155. The molecule has 1 heterocycles. The summed E-state index contributed by atoms with van der Waals surface area (Å²) in [5.41, 5.74) is 1.49. The Morgan fingerprint density at radius 2 is 1.78 bits per heavy atom. The zero-order valence-corrected chi connectivity index (χ0v) is 22.2. The van der Waals surface area contributed by atoms with E-state index < -0.39 is 17.4 Å². The van der Waals surface area contributed by atoms with E-state index in [1.807, 2.05) is 76.2 Å². The number of carbonyl (C=O) groups is 3. The smallest absolute Gasteiger partial charge is 0.308 e. The van der Waals surface area contributed by atoms with Crippen LogP contribution in [0.25, 0.3) is 0 Å². The van der Waals surface area contributed by atoms with E-state index in [4.69, 9.17) is 14.2 Å². The fraction of sp³-hybridized carbons (Fsp3) is 0.483. The van der Waals surface area contributed by atoms with Crippen LogP contribution in [0.5, 0.6) is 11.5 Å². The van der Waals surface area contributed by atoms with Crippen molar-refractivity contribution >= 4 is 17.8 Å². The summed E-state index contributed by atoms with van der Waals surface area (Å²) < 4.78 is 16.7. The van der Waals surface area contributed by atoms with Crippen LogP contribution in [0.4, 0.5) is 0 Å². The fourth-order valence-electron chi connectivity index (χ4n) is 4.26. The molecule has 0 radical (unpaired) electrons. The van der Waals surface area contributed by atoms with E-state index in [1.165, 1.54) is 4.90 Å². The minimum absolute atomic E-state index is 0.0575. The maximum absolute atomic E-state index is 13.5. The summed E-state index contributed by atoms with van der Waals surface area (Å²) >= 11 is 0. The molecule has 1 saturated heterocycles. The second kappa shape index (κ2) is 13.1. The van der Waals surface area contributed by atoms with Gasteiger partial charge in [-0.25, -0.2) is 0 Å². The van der Waals surface area contributed by atoms with E-state index in [2.05, 4.69) is 5.32 Å². The molecule has 2 aromatic rings. The van der Waals surface area contributed by atoms with Crippen molar-refractivity contribution in [2.75, 3.05) is 32.9 Å². The predicted molar refractivity (Wildman–Crippen MR) is 140 cm³/mol. The van der Waals surface area contributed by atoms with Gasteiger partial charge in [0, 0.05) is 18.5 Å². The summed E-state index contributed by atoms with van der Waals surface area (Å²) in [7, 11) is 0. The number of benzene rings is 2. The molecule has 0 bridgehead atoms. The van der Waals surface area contributed by atoms with Gasteiger partial charge in [0.1, 0.15) is 30.8 Å². The average Bonchev–Trinajstić information content (AvgIpc) is 2.88. The van der Waals surface area contributed by atoms with Crippen LogP contribution in [0.1, 0.15) is 44.2 Å². The number of ether oxygens (including phenoxy) is 3. The Labute approximate surface area is 219 Å². The molecule has 1 N–H and O–H groups in total. The Morgan fingerprint density at radius 1 is 1.03 bits per heavy atom.